The predicted octanol–water partition coefficient (Wildman–Crippen LogP) is 1.24. The normalized spacial score (nSPS) is 21.3. The largest absolute Gasteiger partial charge is 0.214 e. The fourth-order valence-electron chi connectivity index (χ4n) is 0.833. The van der Waals surface area contributed by atoms with Crippen molar-refractivity contribution in [3.05, 3.63) is 0 Å². The smallest absolute Gasteiger partial charge is 0.212 e. The second-order valence-electron chi connectivity index (χ2n) is 3.61. The van der Waals surface area contributed by atoms with E-state index in [9.17, 15) is 8.42 Å². The molecule has 0 heterocycles. The second kappa shape index (κ2) is 3.27. The molecule has 72 valence electrons. The summed E-state index contributed by atoms with van der Waals surface area (Å²) in [6.07, 6.45) is 1.90. The summed E-state index contributed by atoms with van der Waals surface area (Å²) in [6.45, 7) is 3.37. The molecule has 0 bridgehead atoms. The lowest BCUT2D eigenvalue weighted by Crippen LogP contribution is -2.41. The maximum Gasteiger partial charge on any atom is 0.214 e. The minimum absolute atomic E-state index is 0.164. The van der Waals surface area contributed by atoms with Gasteiger partial charge in [-0.3, -0.25) is 0 Å². The lowest BCUT2D eigenvalue weighted by Gasteiger charge is -2.16. The second-order valence-corrected chi connectivity index (χ2v) is 6.41. The van der Waals surface area contributed by atoms with E-state index in [1.165, 1.54) is 0 Å². The molecule has 0 aromatic carbocycles. The number of alkyl halides is 1. The van der Waals surface area contributed by atoms with Crippen LogP contribution in [0, 0.1) is 0 Å². The number of sulfonamides is 1. The van der Waals surface area contributed by atoms with Crippen LogP contribution in [0.4, 0.5) is 0 Å². The summed E-state index contributed by atoms with van der Waals surface area (Å²) in [5.74, 6) is 0. The van der Waals surface area contributed by atoms with Gasteiger partial charge in [0.15, 0.2) is 0 Å². The van der Waals surface area contributed by atoms with Crippen molar-refractivity contribution in [2.75, 3.05) is 5.33 Å². The van der Waals surface area contributed by atoms with Crippen molar-refractivity contribution in [2.45, 2.75) is 37.5 Å². The summed E-state index contributed by atoms with van der Waals surface area (Å²) in [5.41, 5.74) is -0.164. The van der Waals surface area contributed by atoms with Gasteiger partial charge in [-0.25, -0.2) is 13.1 Å². The Kier molecular flexibility index (Phi) is 2.85. The summed E-state index contributed by atoms with van der Waals surface area (Å²) in [4.78, 5) is 0. The molecule has 0 aromatic rings. The van der Waals surface area contributed by atoms with E-state index in [4.69, 9.17) is 0 Å². The van der Waals surface area contributed by atoms with Gasteiger partial charge < -0.3 is 0 Å². The molecule has 1 saturated carbocycles. The first kappa shape index (κ1) is 10.5. The molecule has 0 saturated heterocycles. The molecule has 3 nitrogen and oxygen atoms in total. The monoisotopic (exact) mass is 255 g/mol. The molecule has 1 aliphatic rings. The lowest BCUT2D eigenvalue weighted by molar-refractivity contribution is 0.552. The van der Waals surface area contributed by atoms with Crippen LogP contribution in [-0.4, -0.2) is 24.5 Å². The van der Waals surface area contributed by atoms with Crippen molar-refractivity contribution in [2.24, 2.45) is 0 Å². The molecule has 1 fully saturated rings. The Labute approximate surface area is 82.1 Å². The zero-order chi connectivity index (χ0) is 9.41. The van der Waals surface area contributed by atoms with Gasteiger partial charge >= 0.3 is 0 Å². The van der Waals surface area contributed by atoms with E-state index in [0.29, 0.717) is 5.33 Å². The highest BCUT2D eigenvalue weighted by Gasteiger charge is 2.45. The Morgan fingerprint density at radius 1 is 1.50 bits per heavy atom. The molecule has 0 unspecified atom stereocenters. The van der Waals surface area contributed by atoms with Gasteiger partial charge in [-0.1, -0.05) is 15.9 Å². The van der Waals surface area contributed by atoms with Crippen molar-refractivity contribution in [1.82, 2.24) is 4.72 Å². The highest BCUT2D eigenvalue weighted by Crippen LogP contribution is 2.37. The molecule has 0 amide bonds. The summed E-state index contributed by atoms with van der Waals surface area (Å²) in [6, 6.07) is 0. The molecule has 5 heteroatoms. The quantitative estimate of drug-likeness (QED) is 0.769. The van der Waals surface area contributed by atoms with Crippen molar-refractivity contribution < 1.29 is 8.42 Å². The predicted molar refractivity (Wildman–Crippen MR) is 53.0 cm³/mol. The van der Waals surface area contributed by atoms with Crippen LogP contribution in [0.1, 0.15) is 26.7 Å². The summed E-state index contributed by atoms with van der Waals surface area (Å²) in [5, 5.41) is 0.375. The Bertz CT molecular complexity index is 257. The summed E-state index contributed by atoms with van der Waals surface area (Å²) >= 11 is 3.31. The number of nitrogens with one attached hydrogen (secondary N) is 1. The van der Waals surface area contributed by atoms with Gasteiger partial charge in [0.1, 0.15) is 0 Å². The molecule has 1 N–H and O–H groups in total. The Balaban J connectivity index is 2.62. The first-order chi connectivity index (χ1) is 5.42. The average Bonchev–Trinajstić information content (AvgIpc) is 2.68. The number of hydrogen-bond acceptors (Lipinski definition) is 2. The average molecular weight is 256 g/mol. The maximum atomic E-state index is 11.4. The van der Waals surface area contributed by atoms with Crippen LogP contribution < -0.4 is 4.72 Å². The maximum absolute atomic E-state index is 11.4. The van der Waals surface area contributed by atoms with Gasteiger partial charge in [0.2, 0.25) is 10.0 Å². The summed E-state index contributed by atoms with van der Waals surface area (Å²) in [7, 11) is -3.09. The van der Waals surface area contributed by atoms with Crippen molar-refractivity contribution >= 4 is 26.0 Å². The molecular weight excluding hydrogens is 242 g/mol. The van der Waals surface area contributed by atoms with Crippen LogP contribution in [0.3, 0.4) is 0 Å². The Morgan fingerprint density at radius 2 is 2.00 bits per heavy atom. The van der Waals surface area contributed by atoms with E-state index in [0.717, 1.165) is 12.8 Å². The summed E-state index contributed by atoms with van der Waals surface area (Å²) < 4.78 is 25.5. The van der Waals surface area contributed by atoms with E-state index in [-0.39, 0.29) is 10.8 Å². The minimum atomic E-state index is -3.09. The minimum Gasteiger partial charge on any atom is -0.212 e. The number of halogens is 1. The Morgan fingerprint density at radius 3 is 2.25 bits per heavy atom. The van der Waals surface area contributed by atoms with Crippen LogP contribution in [0.25, 0.3) is 0 Å². The van der Waals surface area contributed by atoms with E-state index in [1.807, 2.05) is 0 Å². The fraction of sp³-hybridized carbons (Fsp3) is 1.00. The standard InChI is InChI=1S/C7H14BrNO2S/c1-6(2)12(10,11)9-7(5-8)3-4-7/h6,9H,3-5H2,1-2H3. The van der Waals surface area contributed by atoms with Gasteiger partial charge in [0, 0.05) is 10.9 Å². The van der Waals surface area contributed by atoms with E-state index >= 15 is 0 Å². The van der Waals surface area contributed by atoms with Crippen molar-refractivity contribution in [3.8, 4) is 0 Å². The van der Waals surface area contributed by atoms with Gasteiger partial charge in [-0.15, -0.1) is 0 Å². The van der Waals surface area contributed by atoms with Crippen LogP contribution in [0.15, 0.2) is 0 Å². The van der Waals surface area contributed by atoms with Gasteiger partial charge in [0.05, 0.1) is 5.25 Å². The number of hydrogen-bond donors (Lipinski definition) is 1. The Hall–Kier alpha value is 0.390. The molecule has 0 atom stereocenters. The highest BCUT2D eigenvalue weighted by molar-refractivity contribution is 9.09. The van der Waals surface area contributed by atoms with E-state index < -0.39 is 10.0 Å². The number of rotatable bonds is 4. The van der Waals surface area contributed by atoms with E-state index in [2.05, 4.69) is 20.7 Å². The van der Waals surface area contributed by atoms with Crippen LogP contribution in [0.5, 0.6) is 0 Å². The van der Waals surface area contributed by atoms with Crippen LogP contribution >= 0.6 is 15.9 Å². The molecule has 12 heavy (non-hydrogen) atoms. The van der Waals surface area contributed by atoms with E-state index in [1.54, 1.807) is 13.8 Å². The van der Waals surface area contributed by atoms with Crippen LogP contribution in [0.2, 0.25) is 0 Å². The molecular formula is C7H14BrNO2S. The molecule has 0 aromatic heterocycles. The third-order valence-electron chi connectivity index (χ3n) is 2.09. The topological polar surface area (TPSA) is 46.2 Å². The van der Waals surface area contributed by atoms with Gasteiger partial charge in [-0.2, -0.15) is 0 Å². The first-order valence-electron chi connectivity index (χ1n) is 4.01. The SMILES string of the molecule is CC(C)S(=O)(=O)NC1(CBr)CC1. The lowest BCUT2D eigenvalue weighted by atomic mass is 10.4. The highest BCUT2D eigenvalue weighted by atomic mass is 79.9. The third kappa shape index (κ3) is 2.20. The van der Waals surface area contributed by atoms with Gasteiger partial charge in [0.25, 0.3) is 0 Å². The zero-order valence-corrected chi connectivity index (χ0v) is 9.70. The van der Waals surface area contributed by atoms with Gasteiger partial charge in [-0.05, 0) is 26.7 Å². The zero-order valence-electron chi connectivity index (χ0n) is 7.30. The first-order valence-corrected chi connectivity index (χ1v) is 6.67. The van der Waals surface area contributed by atoms with Crippen molar-refractivity contribution in [3.63, 3.8) is 0 Å². The molecule has 1 rings (SSSR count). The van der Waals surface area contributed by atoms with Crippen LogP contribution in [-0.2, 0) is 10.0 Å². The molecule has 0 spiro atoms. The molecule has 0 aliphatic heterocycles. The molecule has 0 radical (unpaired) electrons. The van der Waals surface area contributed by atoms with Crippen molar-refractivity contribution in [1.29, 1.82) is 0 Å². The molecule has 1 aliphatic carbocycles. The fourth-order valence-corrected chi connectivity index (χ4v) is 2.84. The third-order valence-corrected chi connectivity index (χ3v) is 5.12.